The minimum absolute atomic E-state index is 0.149. The van der Waals surface area contributed by atoms with Gasteiger partial charge in [-0.15, -0.1) is 0 Å². The first-order chi connectivity index (χ1) is 16.8. The molecule has 3 N–H and O–H groups in total. The van der Waals surface area contributed by atoms with Crippen molar-refractivity contribution in [1.29, 1.82) is 0 Å². The number of amides is 1. The van der Waals surface area contributed by atoms with E-state index in [1.807, 2.05) is 36.9 Å². The van der Waals surface area contributed by atoms with Crippen molar-refractivity contribution in [3.8, 4) is 0 Å². The summed E-state index contributed by atoms with van der Waals surface area (Å²) in [6, 6.07) is 7.17. The van der Waals surface area contributed by atoms with E-state index in [4.69, 9.17) is 16.6 Å². The minimum Gasteiger partial charge on any atom is -0.480 e. The Morgan fingerprint density at radius 1 is 1.23 bits per heavy atom. The van der Waals surface area contributed by atoms with Crippen LogP contribution in [0.25, 0.3) is 0 Å². The number of hydrogen-bond acceptors (Lipinski definition) is 5. The number of nitrogens with one attached hydrogen (secondary N) is 2. The highest BCUT2D eigenvalue weighted by Gasteiger charge is 2.28. The van der Waals surface area contributed by atoms with Crippen LogP contribution in [0.1, 0.15) is 54.5 Å². The number of piperidine rings is 1. The molecule has 35 heavy (non-hydrogen) atoms. The smallest absolute Gasteiger partial charge is 0.326 e. The molecule has 1 fully saturated rings. The first-order valence-corrected chi connectivity index (χ1v) is 12.9. The van der Waals surface area contributed by atoms with Crippen LogP contribution in [0.2, 0.25) is 5.02 Å². The highest BCUT2D eigenvalue weighted by atomic mass is 35.5. The number of carbonyl (C=O) groups excluding carboxylic acids is 1. The van der Waals surface area contributed by atoms with Crippen LogP contribution in [-0.2, 0) is 22.4 Å². The Kier molecular flexibility index (Phi) is 8.16. The van der Waals surface area contributed by atoms with Crippen LogP contribution in [0.4, 0.5) is 11.5 Å². The van der Waals surface area contributed by atoms with Crippen LogP contribution in [0, 0.1) is 19.8 Å². The summed E-state index contributed by atoms with van der Waals surface area (Å²) in [7, 11) is 0. The molecule has 0 radical (unpaired) electrons. The van der Waals surface area contributed by atoms with Gasteiger partial charge in [0, 0.05) is 42.5 Å². The number of likely N-dealkylation sites (tertiary alicyclic amines) is 1. The molecule has 188 valence electrons. The number of hydrogen-bond donors (Lipinski definition) is 3. The standard InChI is InChI=1S/C27H35ClN4O3/c1-17-14-21(28)15-18(2)25(17)31-23(27(34)35)16-19-9-12-32(13-10-19)24(33)8-7-22-6-5-20-4-3-11-29-26(20)30-22/h5-6,14-15,19,23,31H,3-4,7-13,16H2,1-2H3,(H,29,30)(H,34,35). The van der Waals surface area contributed by atoms with Crippen molar-refractivity contribution >= 4 is 35.0 Å². The molecule has 0 bridgehead atoms. The summed E-state index contributed by atoms with van der Waals surface area (Å²) in [4.78, 5) is 31.4. The van der Waals surface area contributed by atoms with Gasteiger partial charge in [0.05, 0.1) is 0 Å². The second-order valence-corrected chi connectivity index (χ2v) is 10.3. The topological polar surface area (TPSA) is 94.6 Å². The van der Waals surface area contributed by atoms with E-state index in [0.717, 1.165) is 60.6 Å². The first-order valence-electron chi connectivity index (χ1n) is 12.6. The number of rotatable bonds is 8. The molecule has 0 spiro atoms. The van der Waals surface area contributed by atoms with Crippen LogP contribution >= 0.6 is 11.6 Å². The lowest BCUT2D eigenvalue weighted by Crippen LogP contribution is -2.41. The molecule has 0 aliphatic carbocycles. The molecule has 2 aliphatic heterocycles. The van der Waals surface area contributed by atoms with Crippen molar-refractivity contribution in [2.75, 3.05) is 30.3 Å². The molecule has 1 unspecified atom stereocenters. The number of pyridine rings is 1. The molecule has 1 saturated heterocycles. The van der Waals surface area contributed by atoms with Crippen LogP contribution in [0.15, 0.2) is 24.3 Å². The maximum atomic E-state index is 12.8. The molecule has 7 nitrogen and oxygen atoms in total. The predicted molar refractivity (Wildman–Crippen MR) is 139 cm³/mol. The molecule has 0 saturated carbocycles. The molecule has 8 heteroatoms. The first kappa shape index (κ1) is 25.3. The molecule has 1 aromatic heterocycles. The van der Waals surface area contributed by atoms with Gasteiger partial charge in [0.2, 0.25) is 5.91 Å². The van der Waals surface area contributed by atoms with Gasteiger partial charge in [-0.2, -0.15) is 0 Å². The number of carbonyl (C=O) groups is 2. The number of carboxylic acids is 1. The maximum absolute atomic E-state index is 12.8. The van der Waals surface area contributed by atoms with Crippen LogP contribution in [-0.4, -0.2) is 52.5 Å². The number of aromatic nitrogens is 1. The maximum Gasteiger partial charge on any atom is 0.326 e. The summed E-state index contributed by atoms with van der Waals surface area (Å²) >= 11 is 6.12. The molecule has 1 amide bonds. The van der Waals surface area contributed by atoms with Crippen molar-refractivity contribution in [3.05, 3.63) is 51.7 Å². The molecule has 1 atom stereocenters. The van der Waals surface area contributed by atoms with Crippen molar-refractivity contribution in [3.63, 3.8) is 0 Å². The number of carboxylic acid groups (broad SMARTS) is 1. The lowest BCUT2D eigenvalue weighted by Gasteiger charge is -2.33. The zero-order chi connectivity index (χ0) is 24.9. The normalized spacial score (nSPS) is 16.8. The summed E-state index contributed by atoms with van der Waals surface area (Å²) in [6.45, 7) is 6.16. The number of anilines is 2. The van der Waals surface area contributed by atoms with E-state index >= 15 is 0 Å². The Hall–Kier alpha value is -2.80. The molecular weight excluding hydrogens is 464 g/mol. The number of aliphatic carboxylic acids is 1. The summed E-state index contributed by atoms with van der Waals surface area (Å²) in [5.41, 5.74) is 4.91. The van der Waals surface area contributed by atoms with Gasteiger partial charge in [-0.05, 0) is 93.2 Å². The summed E-state index contributed by atoms with van der Waals surface area (Å²) in [5, 5.41) is 17.1. The van der Waals surface area contributed by atoms with Gasteiger partial charge in [-0.1, -0.05) is 17.7 Å². The highest BCUT2D eigenvalue weighted by molar-refractivity contribution is 6.30. The van der Waals surface area contributed by atoms with Gasteiger partial charge < -0.3 is 20.6 Å². The summed E-state index contributed by atoms with van der Waals surface area (Å²) < 4.78 is 0. The van der Waals surface area contributed by atoms with Crippen molar-refractivity contribution in [2.45, 2.75) is 64.8 Å². The zero-order valence-corrected chi connectivity index (χ0v) is 21.3. The Bertz CT molecular complexity index is 1060. The Morgan fingerprint density at radius 3 is 2.63 bits per heavy atom. The fourth-order valence-electron chi connectivity index (χ4n) is 5.19. The number of aryl methyl sites for hydroxylation is 4. The Balaban J connectivity index is 1.26. The molecule has 4 rings (SSSR count). The monoisotopic (exact) mass is 498 g/mol. The molecular formula is C27H35ClN4O3. The van der Waals surface area contributed by atoms with E-state index in [2.05, 4.69) is 16.7 Å². The number of halogens is 1. The largest absolute Gasteiger partial charge is 0.480 e. The zero-order valence-electron chi connectivity index (χ0n) is 20.6. The van der Waals surface area contributed by atoms with E-state index in [9.17, 15) is 14.7 Å². The van der Waals surface area contributed by atoms with Crippen LogP contribution < -0.4 is 10.6 Å². The van der Waals surface area contributed by atoms with Gasteiger partial charge in [0.1, 0.15) is 11.9 Å². The third-order valence-corrected chi connectivity index (χ3v) is 7.42. The fourth-order valence-corrected chi connectivity index (χ4v) is 5.51. The lowest BCUT2D eigenvalue weighted by molar-refractivity contribution is -0.139. The van der Waals surface area contributed by atoms with Crippen molar-refractivity contribution in [2.24, 2.45) is 5.92 Å². The van der Waals surface area contributed by atoms with Gasteiger partial charge in [0.15, 0.2) is 0 Å². The van der Waals surface area contributed by atoms with Crippen molar-refractivity contribution in [1.82, 2.24) is 9.88 Å². The number of nitrogens with zero attached hydrogens (tertiary/aromatic N) is 2. The Labute approximate surface area is 212 Å². The van der Waals surface area contributed by atoms with E-state index in [1.165, 1.54) is 5.56 Å². The molecule has 1 aromatic carbocycles. The van der Waals surface area contributed by atoms with Gasteiger partial charge in [-0.3, -0.25) is 4.79 Å². The fraction of sp³-hybridized carbons (Fsp3) is 0.519. The summed E-state index contributed by atoms with van der Waals surface area (Å²) in [6.07, 6.45) is 5.44. The second kappa shape index (κ2) is 11.3. The SMILES string of the molecule is Cc1cc(Cl)cc(C)c1NC(CC1CCN(C(=O)CCc2ccc3c(n2)NCCC3)CC1)C(=O)O. The third-order valence-electron chi connectivity index (χ3n) is 7.20. The van der Waals surface area contributed by atoms with E-state index in [0.29, 0.717) is 37.4 Å². The second-order valence-electron chi connectivity index (χ2n) is 9.85. The number of fused-ring (bicyclic) bond motifs is 1. The van der Waals surface area contributed by atoms with Gasteiger partial charge >= 0.3 is 5.97 Å². The van der Waals surface area contributed by atoms with Gasteiger partial charge in [0.25, 0.3) is 0 Å². The van der Waals surface area contributed by atoms with Crippen LogP contribution in [0.3, 0.4) is 0 Å². The third kappa shape index (κ3) is 6.45. The highest BCUT2D eigenvalue weighted by Crippen LogP contribution is 2.29. The van der Waals surface area contributed by atoms with E-state index in [-0.39, 0.29) is 11.8 Å². The predicted octanol–water partition coefficient (Wildman–Crippen LogP) is 4.84. The van der Waals surface area contributed by atoms with E-state index in [1.54, 1.807) is 0 Å². The minimum atomic E-state index is -0.857. The quantitative estimate of drug-likeness (QED) is 0.482. The Morgan fingerprint density at radius 2 is 1.94 bits per heavy atom. The molecule has 2 aliphatic rings. The average Bonchev–Trinajstić information content (AvgIpc) is 2.84. The summed E-state index contributed by atoms with van der Waals surface area (Å²) in [5.74, 6) is 0.516. The average molecular weight is 499 g/mol. The molecule has 3 heterocycles. The van der Waals surface area contributed by atoms with Gasteiger partial charge in [-0.25, -0.2) is 9.78 Å². The van der Waals surface area contributed by atoms with Crippen molar-refractivity contribution < 1.29 is 14.7 Å². The lowest BCUT2D eigenvalue weighted by atomic mass is 9.89. The van der Waals surface area contributed by atoms with Crippen LogP contribution in [0.5, 0.6) is 0 Å². The number of benzene rings is 1. The van der Waals surface area contributed by atoms with E-state index < -0.39 is 12.0 Å². The molecule has 2 aromatic rings.